The van der Waals surface area contributed by atoms with E-state index >= 15 is 0 Å². The van der Waals surface area contributed by atoms with Crippen molar-refractivity contribution in [3.8, 4) is 0 Å². The summed E-state index contributed by atoms with van der Waals surface area (Å²) in [6.07, 6.45) is 13.8. The van der Waals surface area contributed by atoms with Crippen LogP contribution < -0.4 is 0 Å². The van der Waals surface area contributed by atoms with Crippen molar-refractivity contribution in [2.24, 2.45) is 39.9 Å². The van der Waals surface area contributed by atoms with Gasteiger partial charge < -0.3 is 4.74 Å². The normalized spacial score (nSPS) is 48.2. The minimum atomic E-state index is -0.334. The number of esters is 1. The zero-order valence-corrected chi connectivity index (χ0v) is 18.5. The van der Waals surface area contributed by atoms with Crippen LogP contribution in [0.25, 0.3) is 0 Å². The lowest BCUT2D eigenvalue weighted by Crippen LogP contribution is -2.58. The van der Waals surface area contributed by atoms with Gasteiger partial charge >= 0.3 is 5.97 Å². The van der Waals surface area contributed by atoms with Crippen LogP contribution in [0.3, 0.4) is 0 Å². The van der Waals surface area contributed by atoms with Crippen LogP contribution in [-0.2, 0) is 14.3 Å². The summed E-state index contributed by atoms with van der Waals surface area (Å²) in [5.41, 5.74) is 0.416. The van der Waals surface area contributed by atoms with Gasteiger partial charge in [-0.3, -0.25) is 9.59 Å². The maximum absolute atomic E-state index is 13.7. The quantitative estimate of drug-likeness (QED) is 0.561. The Morgan fingerprint density at radius 2 is 1.75 bits per heavy atom. The molecule has 158 valence electrons. The number of hydrogen-bond donors (Lipinski definition) is 0. The third-order valence-corrected chi connectivity index (χ3v) is 10.1. The Morgan fingerprint density at radius 3 is 2.50 bits per heavy atom. The number of ether oxygens (including phenoxy) is 1. The fraction of sp³-hybridized carbons (Fsp3) is 0.920. The van der Waals surface area contributed by atoms with Crippen molar-refractivity contribution >= 4 is 11.8 Å². The van der Waals surface area contributed by atoms with Crippen molar-refractivity contribution in [1.82, 2.24) is 0 Å². The third-order valence-electron chi connectivity index (χ3n) is 10.1. The standard InChI is InChI=1S/C25H40O3/c1-23-12-6-5-7-18(23)17-8-9-20-22(27)24(2,14-11-21(26)28-4)15-16-25(20,3)19(17)10-13-23/h17-20H,5-16H2,1-4H3/t17-,18-,19-,20-,23-,24-,25+/m0/s1. The van der Waals surface area contributed by atoms with Gasteiger partial charge in [-0.1, -0.05) is 33.6 Å². The zero-order valence-electron chi connectivity index (χ0n) is 18.5. The molecule has 3 heteroatoms. The van der Waals surface area contributed by atoms with Crippen LogP contribution in [0, 0.1) is 39.9 Å². The zero-order chi connectivity index (χ0) is 20.2. The van der Waals surface area contributed by atoms with E-state index in [1.54, 1.807) is 0 Å². The van der Waals surface area contributed by atoms with Crippen LogP contribution >= 0.6 is 0 Å². The summed E-state index contributed by atoms with van der Waals surface area (Å²) >= 11 is 0. The number of rotatable bonds is 3. The van der Waals surface area contributed by atoms with Crippen LogP contribution in [0.15, 0.2) is 0 Å². The van der Waals surface area contributed by atoms with Crippen molar-refractivity contribution in [1.29, 1.82) is 0 Å². The van der Waals surface area contributed by atoms with E-state index in [1.165, 1.54) is 52.1 Å². The molecule has 0 saturated heterocycles. The molecule has 7 atom stereocenters. The second-order valence-corrected chi connectivity index (χ2v) is 11.5. The van der Waals surface area contributed by atoms with Crippen LogP contribution in [0.4, 0.5) is 0 Å². The van der Waals surface area contributed by atoms with Crippen molar-refractivity contribution in [2.75, 3.05) is 7.11 Å². The van der Waals surface area contributed by atoms with Crippen molar-refractivity contribution in [2.45, 2.75) is 97.8 Å². The van der Waals surface area contributed by atoms with Gasteiger partial charge in [0.05, 0.1) is 7.11 Å². The third kappa shape index (κ3) is 3.06. The SMILES string of the molecule is COC(=O)CC[C@@]1(C)CC[C@@]2(C)[C@@H](CC[C@H]3[C@@H]4CCCC[C@@]4(C)CC[C@@H]32)C1=O. The number of fused-ring (bicyclic) bond motifs is 5. The summed E-state index contributed by atoms with van der Waals surface area (Å²) in [4.78, 5) is 25.3. The number of hydrogen-bond acceptors (Lipinski definition) is 3. The molecular formula is C25H40O3. The average Bonchev–Trinajstić information content (AvgIpc) is 2.69. The summed E-state index contributed by atoms with van der Waals surface area (Å²) in [5.74, 6) is 2.94. The van der Waals surface area contributed by atoms with Crippen LogP contribution in [-0.4, -0.2) is 18.9 Å². The predicted molar refractivity (Wildman–Crippen MR) is 111 cm³/mol. The van der Waals surface area contributed by atoms with Crippen LogP contribution in [0.2, 0.25) is 0 Å². The van der Waals surface area contributed by atoms with E-state index in [0.717, 1.165) is 37.0 Å². The van der Waals surface area contributed by atoms with Crippen molar-refractivity contribution in [3.05, 3.63) is 0 Å². The Labute approximate surface area is 171 Å². The van der Waals surface area contributed by atoms with E-state index in [4.69, 9.17) is 4.74 Å². The Morgan fingerprint density at radius 1 is 0.964 bits per heavy atom. The first-order valence-electron chi connectivity index (χ1n) is 11.8. The van der Waals surface area contributed by atoms with E-state index in [1.807, 2.05) is 0 Å². The van der Waals surface area contributed by atoms with E-state index in [-0.39, 0.29) is 22.7 Å². The molecule has 0 radical (unpaired) electrons. The van der Waals surface area contributed by atoms with Gasteiger partial charge in [-0.15, -0.1) is 0 Å². The molecule has 0 heterocycles. The van der Waals surface area contributed by atoms with Gasteiger partial charge in [0.2, 0.25) is 0 Å². The van der Waals surface area contributed by atoms with Gasteiger partial charge in [-0.05, 0) is 86.4 Å². The molecule has 3 nitrogen and oxygen atoms in total. The van der Waals surface area contributed by atoms with Gasteiger partial charge in [-0.25, -0.2) is 0 Å². The first kappa shape index (κ1) is 20.4. The minimum Gasteiger partial charge on any atom is -0.469 e. The molecule has 0 aromatic carbocycles. The van der Waals surface area contributed by atoms with E-state index in [9.17, 15) is 9.59 Å². The lowest BCUT2D eigenvalue weighted by Gasteiger charge is -2.63. The summed E-state index contributed by atoms with van der Waals surface area (Å²) < 4.78 is 4.83. The number of Topliss-reactive ketones (excluding diaryl/α,β-unsaturated/α-hetero) is 1. The summed E-state index contributed by atoms with van der Waals surface area (Å²) in [6, 6.07) is 0. The molecule has 0 aromatic rings. The first-order valence-corrected chi connectivity index (χ1v) is 11.8. The van der Waals surface area contributed by atoms with Gasteiger partial charge in [0.1, 0.15) is 5.78 Å². The van der Waals surface area contributed by atoms with Gasteiger partial charge in [0.25, 0.3) is 0 Å². The molecule has 0 amide bonds. The van der Waals surface area contributed by atoms with Gasteiger partial charge in [0, 0.05) is 17.8 Å². The minimum absolute atomic E-state index is 0.184. The molecule has 0 spiro atoms. The number of carbonyl (C=O) groups excluding carboxylic acids is 2. The molecule has 4 aliphatic rings. The summed E-state index contributed by atoms with van der Waals surface area (Å²) in [6.45, 7) is 7.14. The Hall–Kier alpha value is -0.860. The van der Waals surface area contributed by atoms with Gasteiger partial charge in [0.15, 0.2) is 0 Å². The second kappa shape index (κ2) is 7.13. The van der Waals surface area contributed by atoms with E-state index in [2.05, 4.69) is 20.8 Å². The Balaban J connectivity index is 1.54. The van der Waals surface area contributed by atoms with E-state index < -0.39 is 0 Å². The molecule has 0 bridgehead atoms. The number of carbonyl (C=O) groups is 2. The topological polar surface area (TPSA) is 43.4 Å². The molecular weight excluding hydrogens is 348 g/mol. The monoisotopic (exact) mass is 388 g/mol. The molecule has 0 unspecified atom stereocenters. The van der Waals surface area contributed by atoms with Crippen molar-refractivity contribution < 1.29 is 14.3 Å². The van der Waals surface area contributed by atoms with Crippen LogP contribution in [0.5, 0.6) is 0 Å². The van der Waals surface area contributed by atoms with E-state index in [0.29, 0.717) is 24.0 Å². The Kier molecular flexibility index (Phi) is 5.20. The van der Waals surface area contributed by atoms with Gasteiger partial charge in [-0.2, -0.15) is 0 Å². The summed E-state index contributed by atoms with van der Waals surface area (Å²) in [5, 5.41) is 0. The molecule has 4 fully saturated rings. The molecule has 4 rings (SSSR count). The van der Waals surface area contributed by atoms with Crippen molar-refractivity contribution in [3.63, 3.8) is 0 Å². The average molecular weight is 389 g/mol. The molecule has 28 heavy (non-hydrogen) atoms. The first-order chi connectivity index (χ1) is 13.2. The fourth-order valence-corrected chi connectivity index (χ4v) is 8.22. The number of methoxy groups -OCH3 is 1. The highest BCUT2D eigenvalue weighted by Gasteiger charge is 2.61. The molecule has 0 aliphatic heterocycles. The lowest BCUT2D eigenvalue weighted by atomic mass is 9.41. The highest BCUT2D eigenvalue weighted by molar-refractivity contribution is 5.89. The fourth-order valence-electron chi connectivity index (χ4n) is 8.22. The molecule has 4 saturated carbocycles. The summed E-state index contributed by atoms with van der Waals surface area (Å²) in [7, 11) is 1.44. The highest BCUT2D eigenvalue weighted by Crippen LogP contribution is 2.66. The predicted octanol–water partition coefficient (Wildman–Crippen LogP) is 5.95. The molecule has 4 aliphatic carbocycles. The maximum Gasteiger partial charge on any atom is 0.305 e. The largest absolute Gasteiger partial charge is 0.469 e. The second-order valence-electron chi connectivity index (χ2n) is 11.5. The Bertz CT molecular complexity index is 642. The smallest absolute Gasteiger partial charge is 0.305 e. The van der Waals surface area contributed by atoms with Crippen LogP contribution in [0.1, 0.15) is 97.8 Å². The molecule has 0 N–H and O–H groups in total. The highest BCUT2D eigenvalue weighted by atomic mass is 16.5. The maximum atomic E-state index is 13.7. The lowest BCUT2D eigenvalue weighted by molar-refractivity contribution is -0.165. The molecule has 0 aromatic heterocycles. The number of ketones is 1.